The Morgan fingerprint density at radius 1 is 1.29 bits per heavy atom. The van der Waals surface area contributed by atoms with Crippen molar-refractivity contribution in [2.75, 3.05) is 45.4 Å². The van der Waals surface area contributed by atoms with Crippen LogP contribution in [-0.4, -0.2) is 51.6 Å². The van der Waals surface area contributed by atoms with E-state index in [1.165, 1.54) is 6.07 Å². The maximum Gasteiger partial charge on any atom is 0.175 e. The van der Waals surface area contributed by atoms with Crippen LogP contribution in [0.1, 0.15) is 12.0 Å². The highest BCUT2D eigenvalue weighted by Crippen LogP contribution is 2.23. The van der Waals surface area contributed by atoms with E-state index in [0.717, 1.165) is 6.42 Å². The molecule has 0 fully saturated rings. The zero-order chi connectivity index (χ0) is 15.7. The van der Waals surface area contributed by atoms with Crippen molar-refractivity contribution in [3.8, 4) is 0 Å². The minimum atomic E-state index is -0.531. The quantitative estimate of drug-likeness (QED) is 0.237. The van der Waals surface area contributed by atoms with Crippen molar-refractivity contribution in [1.82, 2.24) is 0 Å². The molecule has 0 saturated carbocycles. The minimum absolute atomic E-state index is 0.0912. The molecule has 118 valence electrons. The number of nitrogens with zero attached hydrogens (tertiary/aromatic N) is 2. The van der Waals surface area contributed by atoms with E-state index >= 15 is 0 Å². The summed E-state index contributed by atoms with van der Waals surface area (Å²) in [4.78, 5) is 1.93. The van der Waals surface area contributed by atoms with Crippen molar-refractivity contribution in [2.45, 2.75) is 6.42 Å². The smallest absolute Gasteiger partial charge is 0.175 e. The van der Waals surface area contributed by atoms with E-state index in [2.05, 4.69) is 5.16 Å². The van der Waals surface area contributed by atoms with E-state index < -0.39 is 5.82 Å². The van der Waals surface area contributed by atoms with Gasteiger partial charge in [-0.25, -0.2) is 4.39 Å². The summed E-state index contributed by atoms with van der Waals surface area (Å²) in [6.07, 6.45) is 0.770. The zero-order valence-electron chi connectivity index (χ0n) is 12.4. The molecular weight excluding hydrogens is 277 g/mol. The molecule has 0 aliphatic heterocycles. The molecule has 0 aliphatic carbocycles. The van der Waals surface area contributed by atoms with Gasteiger partial charge in [0.15, 0.2) is 5.84 Å². The summed E-state index contributed by atoms with van der Waals surface area (Å²) in [6, 6.07) is 4.61. The van der Waals surface area contributed by atoms with Gasteiger partial charge in [0.1, 0.15) is 5.82 Å². The molecule has 0 unspecified atom stereocenters. The summed E-state index contributed by atoms with van der Waals surface area (Å²) in [6.45, 7) is 2.29. The van der Waals surface area contributed by atoms with Crippen molar-refractivity contribution in [3.63, 3.8) is 0 Å². The van der Waals surface area contributed by atoms with E-state index in [-0.39, 0.29) is 11.4 Å². The minimum Gasteiger partial charge on any atom is -0.409 e. The van der Waals surface area contributed by atoms with Gasteiger partial charge in [-0.15, -0.1) is 0 Å². The molecular formula is C14H22FN3O3. The Balaban J connectivity index is 3.07. The van der Waals surface area contributed by atoms with Gasteiger partial charge in [0.05, 0.1) is 17.9 Å². The van der Waals surface area contributed by atoms with Crippen LogP contribution in [0.3, 0.4) is 0 Å². The highest BCUT2D eigenvalue weighted by atomic mass is 19.1. The maximum atomic E-state index is 14.0. The van der Waals surface area contributed by atoms with Crippen molar-refractivity contribution >= 4 is 11.5 Å². The van der Waals surface area contributed by atoms with Crippen LogP contribution in [0.25, 0.3) is 0 Å². The van der Waals surface area contributed by atoms with Gasteiger partial charge in [-0.3, -0.25) is 0 Å². The Labute approximate surface area is 123 Å². The van der Waals surface area contributed by atoms with Crippen molar-refractivity contribution in [2.24, 2.45) is 10.9 Å². The van der Waals surface area contributed by atoms with E-state index in [4.69, 9.17) is 20.4 Å². The van der Waals surface area contributed by atoms with E-state index in [0.29, 0.717) is 32.0 Å². The van der Waals surface area contributed by atoms with Crippen LogP contribution in [0, 0.1) is 5.82 Å². The van der Waals surface area contributed by atoms with Gasteiger partial charge < -0.3 is 25.3 Å². The Bertz CT molecular complexity index is 469. The zero-order valence-corrected chi connectivity index (χ0v) is 12.4. The topological polar surface area (TPSA) is 80.3 Å². The molecule has 0 aromatic heterocycles. The Kier molecular flexibility index (Phi) is 7.49. The average molecular weight is 299 g/mol. The molecule has 3 N–H and O–H groups in total. The van der Waals surface area contributed by atoms with E-state index in [1.54, 1.807) is 26.4 Å². The van der Waals surface area contributed by atoms with Crippen LogP contribution in [0.4, 0.5) is 10.1 Å². The number of hydrogen-bond donors (Lipinski definition) is 2. The van der Waals surface area contributed by atoms with E-state index in [9.17, 15) is 4.39 Å². The van der Waals surface area contributed by atoms with Gasteiger partial charge in [-0.05, 0) is 18.6 Å². The molecule has 0 radical (unpaired) electrons. The summed E-state index contributed by atoms with van der Waals surface area (Å²) < 4.78 is 24.1. The van der Waals surface area contributed by atoms with Gasteiger partial charge in [0, 0.05) is 33.9 Å². The van der Waals surface area contributed by atoms with Crippen LogP contribution in [0.2, 0.25) is 0 Å². The normalized spacial score (nSPS) is 11.7. The van der Waals surface area contributed by atoms with Crippen LogP contribution in [-0.2, 0) is 9.47 Å². The number of hydrogen-bond acceptors (Lipinski definition) is 5. The molecule has 6 nitrogen and oxygen atoms in total. The number of benzene rings is 1. The molecule has 0 aliphatic rings. The fourth-order valence-electron chi connectivity index (χ4n) is 2.03. The summed E-state index contributed by atoms with van der Waals surface area (Å²) in [5.41, 5.74) is 6.25. The first kappa shape index (κ1) is 17.2. The first-order valence-electron chi connectivity index (χ1n) is 6.65. The number of oxime groups is 1. The van der Waals surface area contributed by atoms with Gasteiger partial charge >= 0.3 is 0 Å². The van der Waals surface area contributed by atoms with Gasteiger partial charge in [-0.1, -0.05) is 11.2 Å². The number of amidine groups is 1. The van der Waals surface area contributed by atoms with Crippen molar-refractivity contribution in [3.05, 3.63) is 29.6 Å². The Morgan fingerprint density at radius 2 is 2.00 bits per heavy atom. The number of nitrogens with two attached hydrogens (primary N) is 1. The van der Waals surface area contributed by atoms with Crippen LogP contribution < -0.4 is 10.6 Å². The number of anilines is 1. The second kappa shape index (κ2) is 9.15. The van der Waals surface area contributed by atoms with Gasteiger partial charge in [0.25, 0.3) is 0 Å². The number of rotatable bonds is 9. The predicted molar refractivity (Wildman–Crippen MR) is 79.5 cm³/mol. The number of halogens is 1. The molecule has 21 heavy (non-hydrogen) atoms. The van der Waals surface area contributed by atoms with Crippen LogP contribution in [0.15, 0.2) is 23.4 Å². The molecule has 0 saturated heterocycles. The fraction of sp³-hybridized carbons (Fsp3) is 0.500. The third-order valence-corrected chi connectivity index (χ3v) is 3.04. The lowest BCUT2D eigenvalue weighted by Gasteiger charge is -2.26. The van der Waals surface area contributed by atoms with Crippen LogP contribution in [0.5, 0.6) is 0 Å². The second-order valence-electron chi connectivity index (χ2n) is 4.45. The largest absolute Gasteiger partial charge is 0.409 e. The third kappa shape index (κ3) is 4.87. The molecule has 7 heteroatoms. The highest BCUT2D eigenvalue weighted by molar-refractivity contribution is 6.02. The molecule has 1 aromatic rings. The summed E-state index contributed by atoms with van der Waals surface area (Å²) in [5, 5.41) is 11.8. The number of ether oxygens (including phenoxy) is 2. The average Bonchev–Trinajstić information content (AvgIpc) is 2.50. The lowest BCUT2D eigenvalue weighted by molar-refractivity contribution is 0.191. The first-order chi connectivity index (χ1) is 10.2. The van der Waals surface area contributed by atoms with Gasteiger partial charge in [-0.2, -0.15) is 0 Å². The predicted octanol–water partition coefficient (Wildman–Crippen LogP) is 1.41. The highest BCUT2D eigenvalue weighted by Gasteiger charge is 2.17. The molecule has 1 rings (SSSR count). The Hall–Kier alpha value is -1.86. The molecule has 1 aromatic carbocycles. The molecule has 0 atom stereocenters. The second-order valence-corrected chi connectivity index (χ2v) is 4.45. The standard InChI is InChI=1S/C14H22FN3O3/c1-20-9-4-7-18(8-10-21-2)12-6-3-5-11(15)13(12)14(16)17-19/h3,5-6,19H,4,7-10H2,1-2H3,(H2,16,17). The maximum absolute atomic E-state index is 14.0. The fourth-order valence-corrected chi connectivity index (χ4v) is 2.03. The molecule has 0 spiro atoms. The first-order valence-corrected chi connectivity index (χ1v) is 6.65. The summed E-state index contributed by atoms with van der Waals surface area (Å²) >= 11 is 0. The van der Waals surface area contributed by atoms with Gasteiger partial charge in [0.2, 0.25) is 0 Å². The lowest BCUT2D eigenvalue weighted by Crippen LogP contribution is -2.32. The van der Waals surface area contributed by atoms with E-state index in [1.807, 2.05) is 4.90 Å². The third-order valence-electron chi connectivity index (χ3n) is 3.04. The van der Waals surface area contributed by atoms with Crippen LogP contribution >= 0.6 is 0 Å². The van der Waals surface area contributed by atoms with Crippen molar-refractivity contribution < 1.29 is 19.1 Å². The SMILES string of the molecule is COCCCN(CCOC)c1cccc(F)c1C(N)=NO. The molecule has 0 amide bonds. The summed E-state index contributed by atoms with van der Waals surface area (Å²) in [5.74, 6) is -0.783. The molecule has 0 heterocycles. The summed E-state index contributed by atoms with van der Waals surface area (Å²) in [7, 11) is 3.23. The number of methoxy groups -OCH3 is 2. The Morgan fingerprint density at radius 3 is 2.62 bits per heavy atom. The lowest BCUT2D eigenvalue weighted by atomic mass is 10.1. The van der Waals surface area contributed by atoms with Crippen molar-refractivity contribution in [1.29, 1.82) is 0 Å². The monoisotopic (exact) mass is 299 g/mol. The molecule has 0 bridgehead atoms.